The van der Waals surface area contributed by atoms with Crippen LogP contribution in [0.3, 0.4) is 0 Å². The predicted molar refractivity (Wildman–Crippen MR) is 86.0 cm³/mol. The summed E-state index contributed by atoms with van der Waals surface area (Å²) in [6, 6.07) is 6.11. The number of Topliss-reactive ketones (excluding diaryl/α,β-unsaturated/α-hetero) is 1. The van der Waals surface area contributed by atoms with Gasteiger partial charge in [-0.05, 0) is 44.0 Å². The van der Waals surface area contributed by atoms with Crippen molar-refractivity contribution < 1.29 is 23.1 Å². The summed E-state index contributed by atoms with van der Waals surface area (Å²) in [6.45, 7) is 2.16. The van der Waals surface area contributed by atoms with Gasteiger partial charge in [0, 0.05) is 30.8 Å². The van der Waals surface area contributed by atoms with Crippen molar-refractivity contribution in [3.05, 3.63) is 29.8 Å². The van der Waals surface area contributed by atoms with Crippen molar-refractivity contribution in [2.45, 2.75) is 25.0 Å². The fraction of sp³-hybridized carbons (Fsp3) is 0.500. The molecule has 1 atom stereocenters. The Morgan fingerprint density at radius 3 is 2.17 bits per heavy atom. The number of aromatic hydroxyl groups is 1. The van der Waals surface area contributed by atoms with Crippen LogP contribution in [0.25, 0.3) is 0 Å². The highest BCUT2D eigenvalue weighted by Crippen LogP contribution is 2.23. The molecule has 0 saturated carbocycles. The van der Waals surface area contributed by atoms with Crippen LogP contribution in [0.5, 0.6) is 5.75 Å². The molecule has 23 heavy (non-hydrogen) atoms. The van der Waals surface area contributed by atoms with E-state index in [2.05, 4.69) is 0 Å². The molecule has 1 fully saturated rings. The number of phenols is 1. The molecule has 1 amide bonds. The van der Waals surface area contributed by atoms with Gasteiger partial charge < -0.3 is 10.0 Å². The number of benzene rings is 1. The second-order valence-corrected chi connectivity index (χ2v) is 8.35. The van der Waals surface area contributed by atoms with E-state index in [0.717, 1.165) is 6.26 Å². The first-order valence-electron chi connectivity index (χ1n) is 7.51. The highest BCUT2D eigenvalue weighted by molar-refractivity contribution is 7.92. The van der Waals surface area contributed by atoms with Crippen LogP contribution in [0, 0.1) is 5.92 Å². The molecule has 1 saturated heterocycles. The SMILES string of the molecule is C[C@@H](C(=O)N1CCC(C(=O)c2ccc(O)cc2)CC1)S(C)(=O)=O. The van der Waals surface area contributed by atoms with Crippen LogP contribution in [0.1, 0.15) is 30.1 Å². The Balaban J connectivity index is 1.97. The van der Waals surface area contributed by atoms with Crippen molar-refractivity contribution >= 4 is 21.5 Å². The van der Waals surface area contributed by atoms with E-state index in [1.807, 2.05) is 0 Å². The fourth-order valence-electron chi connectivity index (χ4n) is 2.66. The fourth-order valence-corrected chi connectivity index (χ4v) is 3.18. The van der Waals surface area contributed by atoms with Crippen LogP contribution < -0.4 is 0 Å². The summed E-state index contributed by atoms with van der Waals surface area (Å²) in [5.41, 5.74) is 0.539. The summed E-state index contributed by atoms with van der Waals surface area (Å²) < 4.78 is 23.0. The zero-order valence-electron chi connectivity index (χ0n) is 13.2. The van der Waals surface area contributed by atoms with E-state index in [0.29, 0.717) is 31.5 Å². The molecular formula is C16H21NO5S. The Kier molecular flexibility index (Phi) is 5.09. The molecule has 1 aliphatic heterocycles. The normalized spacial score (nSPS) is 17.7. The molecule has 126 valence electrons. The van der Waals surface area contributed by atoms with Crippen LogP contribution in [0.4, 0.5) is 0 Å². The van der Waals surface area contributed by atoms with Crippen molar-refractivity contribution in [1.29, 1.82) is 0 Å². The van der Waals surface area contributed by atoms with E-state index in [9.17, 15) is 23.1 Å². The highest BCUT2D eigenvalue weighted by atomic mass is 32.2. The van der Waals surface area contributed by atoms with Gasteiger partial charge in [-0.3, -0.25) is 9.59 Å². The third-order valence-electron chi connectivity index (χ3n) is 4.32. The first kappa shape index (κ1) is 17.5. The molecule has 1 aromatic rings. The number of sulfone groups is 1. The van der Waals surface area contributed by atoms with Crippen molar-refractivity contribution in [1.82, 2.24) is 4.90 Å². The molecular weight excluding hydrogens is 318 g/mol. The maximum atomic E-state index is 12.4. The predicted octanol–water partition coefficient (Wildman–Crippen LogP) is 1.25. The smallest absolute Gasteiger partial charge is 0.240 e. The van der Waals surface area contributed by atoms with Gasteiger partial charge >= 0.3 is 0 Å². The quantitative estimate of drug-likeness (QED) is 0.834. The number of nitrogens with zero attached hydrogens (tertiary/aromatic N) is 1. The van der Waals surface area contributed by atoms with Crippen LogP contribution in [0.2, 0.25) is 0 Å². The van der Waals surface area contributed by atoms with E-state index in [-0.39, 0.29) is 17.5 Å². The van der Waals surface area contributed by atoms with Crippen LogP contribution in [-0.2, 0) is 14.6 Å². The molecule has 6 nitrogen and oxygen atoms in total. The second-order valence-electron chi connectivity index (χ2n) is 5.98. The Morgan fingerprint density at radius 1 is 1.17 bits per heavy atom. The monoisotopic (exact) mass is 339 g/mol. The van der Waals surface area contributed by atoms with Gasteiger partial charge in [0.2, 0.25) is 5.91 Å². The molecule has 1 aliphatic rings. The number of carbonyl (C=O) groups is 2. The van der Waals surface area contributed by atoms with Crippen LogP contribution in [0.15, 0.2) is 24.3 Å². The third-order valence-corrected chi connectivity index (χ3v) is 5.81. The van der Waals surface area contributed by atoms with Gasteiger partial charge in [0.15, 0.2) is 15.6 Å². The van der Waals surface area contributed by atoms with Crippen molar-refractivity contribution in [2.75, 3.05) is 19.3 Å². The molecule has 0 radical (unpaired) electrons. The average molecular weight is 339 g/mol. The Hall–Kier alpha value is -1.89. The van der Waals surface area contributed by atoms with Gasteiger partial charge in [-0.2, -0.15) is 0 Å². The molecule has 7 heteroatoms. The van der Waals surface area contributed by atoms with Gasteiger partial charge in [-0.25, -0.2) is 8.42 Å². The molecule has 0 spiro atoms. The zero-order chi connectivity index (χ0) is 17.2. The molecule has 1 N–H and O–H groups in total. The minimum Gasteiger partial charge on any atom is -0.508 e. The standard InChI is InChI=1S/C16H21NO5S/c1-11(23(2,21)22)16(20)17-9-7-13(8-10-17)15(19)12-3-5-14(18)6-4-12/h3-6,11,13,18H,7-10H2,1-2H3/t11-/m0/s1. The van der Waals surface area contributed by atoms with Crippen molar-refractivity contribution in [3.63, 3.8) is 0 Å². The number of hydrogen-bond acceptors (Lipinski definition) is 5. The Labute approximate surface area is 136 Å². The lowest BCUT2D eigenvalue weighted by molar-refractivity contribution is -0.131. The number of piperidine rings is 1. The summed E-state index contributed by atoms with van der Waals surface area (Å²) >= 11 is 0. The van der Waals surface area contributed by atoms with Gasteiger partial charge in [-0.1, -0.05) is 0 Å². The molecule has 0 aliphatic carbocycles. The summed E-state index contributed by atoms with van der Waals surface area (Å²) in [5.74, 6) is -0.481. The van der Waals surface area contributed by atoms with Crippen LogP contribution >= 0.6 is 0 Å². The van der Waals surface area contributed by atoms with Crippen molar-refractivity contribution in [2.24, 2.45) is 5.92 Å². The molecule has 0 aromatic heterocycles. The molecule has 1 aromatic carbocycles. The summed E-state index contributed by atoms with van der Waals surface area (Å²) in [7, 11) is -3.41. The summed E-state index contributed by atoms with van der Waals surface area (Å²) in [4.78, 5) is 26.1. The van der Waals surface area contributed by atoms with E-state index in [1.165, 1.54) is 24.0 Å². The number of carbonyl (C=O) groups excluding carboxylic acids is 2. The largest absolute Gasteiger partial charge is 0.508 e. The number of hydrogen-bond donors (Lipinski definition) is 1. The number of likely N-dealkylation sites (tertiary alicyclic amines) is 1. The van der Waals surface area contributed by atoms with Crippen molar-refractivity contribution in [3.8, 4) is 5.75 Å². The Bertz CT molecular complexity index is 688. The maximum absolute atomic E-state index is 12.4. The molecule has 2 rings (SSSR count). The highest BCUT2D eigenvalue weighted by Gasteiger charge is 2.32. The van der Waals surface area contributed by atoms with Gasteiger partial charge in [0.05, 0.1) is 0 Å². The van der Waals surface area contributed by atoms with E-state index < -0.39 is 21.0 Å². The lowest BCUT2D eigenvalue weighted by Gasteiger charge is -2.32. The summed E-state index contributed by atoms with van der Waals surface area (Å²) in [5, 5.41) is 8.21. The number of amides is 1. The first-order valence-corrected chi connectivity index (χ1v) is 9.46. The topological polar surface area (TPSA) is 91.8 Å². The third kappa shape index (κ3) is 4.10. The lowest BCUT2D eigenvalue weighted by atomic mass is 9.89. The zero-order valence-corrected chi connectivity index (χ0v) is 14.0. The maximum Gasteiger partial charge on any atom is 0.240 e. The number of rotatable bonds is 4. The van der Waals surface area contributed by atoms with Gasteiger partial charge in [0.1, 0.15) is 11.0 Å². The minimum absolute atomic E-state index is 0.00624. The van der Waals surface area contributed by atoms with Crippen LogP contribution in [-0.4, -0.2) is 54.7 Å². The summed E-state index contributed by atoms with van der Waals surface area (Å²) in [6.07, 6.45) is 2.08. The first-order chi connectivity index (χ1) is 10.7. The molecule has 1 heterocycles. The number of phenolic OH excluding ortho intramolecular Hbond substituents is 1. The van der Waals surface area contributed by atoms with Gasteiger partial charge in [-0.15, -0.1) is 0 Å². The van der Waals surface area contributed by atoms with E-state index in [1.54, 1.807) is 12.1 Å². The van der Waals surface area contributed by atoms with E-state index in [4.69, 9.17) is 0 Å². The van der Waals surface area contributed by atoms with E-state index >= 15 is 0 Å². The van der Waals surface area contributed by atoms with Gasteiger partial charge in [0.25, 0.3) is 0 Å². The minimum atomic E-state index is -3.41. The number of ketones is 1. The molecule has 0 unspecified atom stereocenters. The lowest BCUT2D eigenvalue weighted by Crippen LogP contribution is -2.46. The molecule has 0 bridgehead atoms. The average Bonchev–Trinajstić information content (AvgIpc) is 2.53. The Morgan fingerprint density at radius 2 is 1.70 bits per heavy atom. The second kappa shape index (κ2) is 6.70.